The smallest absolute Gasteiger partial charge is 0.330 e. The molecule has 2 rings (SSSR count). The zero-order chi connectivity index (χ0) is 18.4. The predicted molar refractivity (Wildman–Crippen MR) is 89.9 cm³/mol. The van der Waals surface area contributed by atoms with Crippen molar-refractivity contribution in [1.82, 2.24) is 10.2 Å². The maximum atomic E-state index is 12.9. The number of carbonyl (C=O) groups excluding carboxylic acids is 3. The fourth-order valence-electron chi connectivity index (χ4n) is 2.33. The molecule has 0 aromatic heterocycles. The van der Waals surface area contributed by atoms with E-state index in [0.29, 0.717) is 13.0 Å². The number of halogens is 1. The molecule has 1 unspecified atom stereocenters. The van der Waals surface area contributed by atoms with Crippen LogP contribution in [0.2, 0.25) is 0 Å². The van der Waals surface area contributed by atoms with Gasteiger partial charge in [0, 0.05) is 12.8 Å². The summed E-state index contributed by atoms with van der Waals surface area (Å²) in [6, 6.07) is 5.09. The van der Waals surface area contributed by atoms with Crippen LogP contribution in [0.5, 0.6) is 0 Å². The quantitative estimate of drug-likeness (QED) is 0.503. The second-order valence-corrected chi connectivity index (χ2v) is 6.15. The van der Waals surface area contributed by atoms with Gasteiger partial charge in [-0.15, -0.1) is 0 Å². The highest BCUT2D eigenvalue weighted by Crippen LogP contribution is 2.11. The zero-order valence-corrected chi connectivity index (χ0v) is 14.3. The Bertz CT molecular complexity index is 673. The lowest BCUT2D eigenvalue weighted by Gasteiger charge is -2.28. The summed E-state index contributed by atoms with van der Waals surface area (Å²) in [4.78, 5) is 42.6. The molecule has 2 N–H and O–H groups in total. The molecule has 1 fully saturated rings. The van der Waals surface area contributed by atoms with Gasteiger partial charge in [0.25, 0.3) is 0 Å². The monoisotopic (exact) mass is 349 g/mol. The average Bonchev–Trinajstić information content (AvgIpc) is 2.55. The van der Waals surface area contributed by atoms with E-state index in [2.05, 4.69) is 10.3 Å². The second-order valence-electron chi connectivity index (χ2n) is 6.15. The molecule has 1 aromatic carbocycles. The lowest BCUT2D eigenvalue weighted by molar-refractivity contribution is -0.856. The first-order chi connectivity index (χ1) is 11.9. The largest absolute Gasteiger partial charge is 0.338 e. The molecule has 1 saturated heterocycles. The molecule has 1 aromatic rings. The van der Waals surface area contributed by atoms with Crippen LogP contribution in [-0.4, -0.2) is 62.7 Å². The number of likely N-dealkylation sites (N-methyl/N-ethyl adjacent to an activating group) is 1. The van der Waals surface area contributed by atoms with Crippen LogP contribution in [0.25, 0.3) is 0 Å². The van der Waals surface area contributed by atoms with Gasteiger partial charge >= 0.3 is 6.03 Å². The third-order valence-corrected chi connectivity index (χ3v) is 3.82. The Morgan fingerprint density at radius 1 is 1.24 bits per heavy atom. The van der Waals surface area contributed by atoms with E-state index >= 15 is 0 Å². The molecular formula is C17H22FN4O3+. The maximum absolute atomic E-state index is 12.9. The summed E-state index contributed by atoms with van der Waals surface area (Å²) < 4.78 is 12.9. The Balaban J connectivity index is 1.99. The molecule has 1 heterocycles. The van der Waals surface area contributed by atoms with Crippen LogP contribution in [0.15, 0.2) is 29.3 Å². The summed E-state index contributed by atoms with van der Waals surface area (Å²) >= 11 is 0. The Morgan fingerprint density at radius 2 is 1.92 bits per heavy atom. The van der Waals surface area contributed by atoms with Gasteiger partial charge in [0.05, 0.1) is 27.2 Å². The van der Waals surface area contributed by atoms with E-state index in [4.69, 9.17) is 0 Å². The van der Waals surface area contributed by atoms with Crippen molar-refractivity contribution in [3.63, 3.8) is 0 Å². The van der Waals surface area contributed by atoms with Crippen molar-refractivity contribution in [2.24, 2.45) is 10.9 Å². The Kier molecular flexibility index (Phi) is 6.35. The molecular weight excluding hydrogens is 327 g/mol. The van der Waals surface area contributed by atoms with Crippen LogP contribution < -0.4 is 10.2 Å². The first kappa shape index (κ1) is 18.7. The third kappa shape index (κ3) is 5.18. The highest BCUT2D eigenvalue weighted by atomic mass is 19.1. The van der Waals surface area contributed by atoms with Crippen molar-refractivity contribution < 1.29 is 23.7 Å². The standard InChI is InChI=1S/C17H21FN4O3/c1-21(2)10-8-19-11-14-15(23)20-17(25)22(16(14)24)9-7-12-3-5-13(18)6-4-12/h3-6,11,14H,7-10H2,1-2H3,(H,20,23,25)/p+1. The number of rotatable bonds is 7. The predicted octanol–water partition coefficient (Wildman–Crippen LogP) is -0.722. The van der Waals surface area contributed by atoms with Crippen LogP contribution >= 0.6 is 0 Å². The highest BCUT2D eigenvalue weighted by Gasteiger charge is 2.39. The maximum Gasteiger partial charge on any atom is 0.330 e. The fraction of sp³-hybridized carbons (Fsp3) is 0.412. The Morgan fingerprint density at radius 3 is 2.56 bits per heavy atom. The van der Waals surface area contributed by atoms with Gasteiger partial charge in [0.2, 0.25) is 11.8 Å². The van der Waals surface area contributed by atoms with E-state index in [-0.39, 0.29) is 12.4 Å². The molecule has 0 radical (unpaired) electrons. The van der Waals surface area contributed by atoms with Crippen molar-refractivity contribution in [2.45, 2.75) is 6.42 Å². The van der Waals surface area contributed by atoms with E-state index in [0.717, 1.165) is 17.0 Å². The van der Waals surface area contributed by atoms with Crippen molar-refractivity contribution in [3.8, 4) is 0 Å². The number of hydrogen-bond acceptors (Lipinski definition) is 4. The van der Waals surface area contributed by atoms with Crippen molar-refractivity contribution >= 4 is 24.1 Å². The van der Waals surface area contributed by atoms with E-state index in [1.807, 2.05) is 14.1 Å². The van der Waals surface area contributed by atoms with E-state index in [1.54, 1.807) is 12.1 Å². The zero-order valence-electron chi connectivity index (χ0n) is 14.3. The van der Waals surface area contributed by atoms with E-state index in [1.165, 1.54) is 23.2 Å². The molecule has 4 amide bonds. The highest BCUT2D eigenvalue weighted by molar-refractivity contribution is 6.23. The van der Waals surface area contributed by atoms with Crippen molar-refractivity contribution in [1.29, 1.82) is 0 Å². The van der Waals surface area contributed by atoms with Crippen molar-refractivity contribution in [3.05, 3.63) is 35.6 Å². The summed E-state index contributed by atoms with van der Waals surface area (Å²) in [5.74, 6) is -2.69. The number of nitrogens with zero attached hydrogens (tertiary/aromatic N) is 2. The normalized spacial score (nSPS) is 18.3. The number of urea groups is 1. The molecule has 7 nitrogen and oxygen atoms in total. The number of aliphatic imine (C=N–C) groups is 1. The van der Waals surface area contributed by atoms with Gasteiger partial charge in [0.1, 0.15) is 5.82 Å². The average molecular weight is 349 g/mol. The fourth-order valence-corrected chi connectivity index (χ4v) is 2.33. The van der Waals surface area contributed by atoms with Gasteiger partial charge in [-0.3, -0.25) is 24.8 Å². The number of barbiturate groups is 1. The lowest BCUT2D eigenvalue weighted by atomic mass is 10.1. The topological polar surface area (TPSA) is 83.3 Å². The second kappa shape index (κ2) is 8.48. The molecule has 0 spiro atoms. The van der Waals surface area contributed by atoms with Gasteiger partial charge in [-0.25, -0.2) is 9.18 Å². The molecule has 134 valence electrons. The van der Waals surface area contributed by atoms with Gasteiger partial charge in [-0.05, 0) is 24.1 Å². The van der Waals surface area contributed by atoms with Crippen molar-refractivity contribution in [2.75, 3.05) is 33.7 Å². The van der Waals surface area contributed by atoms with Crippen LogP contribution in [0.1, 0.15) is 5.56 Å². The van der Waals surface area contributed by atoms with E-state index in [9.17, 15) is 18.8 Å². The van der Waals surface area contributed by atoms with Gasteiger partial charge in [-0.2, -0.15) is 0 Å². The molecule has 0 aliphatic carbocycles. The molecule has 1 aliphatic heterocycles. The molecule has 25 heavy (non-hydrogen) atoms. The van der Waals surface area contributed by atoms with E-state index < -0.39 is 23.8 Å². The summed E-state index contributed by atoms with van der Waals surface area (Å²) in [6.45, 7) is 1.37. The summed E-state index contributed by atoms with van der Waals surface area (Å²) in [6.07, 6.45) is 1.68. The first-order valence-electron chi connectivity index (χ1n) is 8.08. The molecule has 1 atom stereocenters. The minimum Gasteiger partial charge on any atom is -0.338 e. The lowest BCUT2D eigenvalue weighted by Crippen LogP contribution is -3.06. The summed E-state index contributed by atoms with van der Waals surface area (Å²) in [5.41, 5.74) is 0.790. The van der Waals surface area contributed by atoms with Crippen LogP contribution in [0.4, 0.5) is 9.18 Å². The van der Waals surface area contributed by atoms with Gasteiger partial charge < -0.3 is 4.90 Å². The number of quaternary nitrogens is 1. The Labute approximate surface area is 145 Å². The molecule has 0 saturated carbocycles. The Hall–Kier alpha value is -2.61. The number of carbonyl (C=O) groups is 3. The van der Waals surface area contributed by atoms with Gasteiger partial charge in [-0.1, -0.05) is 12.1 Å². The third-order valence-electron chi connectivity index (χ3n) is 3.82. The number of benzene rings is 1. The molecule has 8 heteroatoms. The number of amides is 4. The first-order valence-corrected chi connectivity index (χ1v) is 8.08. The summed E-state index contributed by atoms with van der Waals surface area (Å²) in [7, 11) is 3.95. The van der Waals surface area contributed by atoms with Crippen LogP contribution in [0, 0.1) is 11.7 Å². The minimum atomic E-state index is -1.09. The minimum absolute atomic E-state index is 0.107. The SMILES string of the molecule is C[NH+](C)CCN=CC1C(=O)NC(=O)N(CCc2ccc(F)cc2)C1=O. The van der Waals surface area contributed by atoms with Gasteiger partial charge in [0.15, 0.2) is 5.92 Å². The number of imide groups is 2. The molecule has 0 bridgehead atoms. The summed E-state index contributed by atoms with van der Waals surface area (Å²) in [5, 5.41) is 2.18. The molecule has 1 aliphatic rings. The van der Waals surface area contributed by atoms with Crippen LogP contribution in [0.3, 0.4) is 0 Å². The number of nitrogens with one attached hydrogen (secondary N) is 2. The number of hydrogen-bond donors (Lipinski definition) is 2. The van der Waals surface area contributed by atoms with Crippen LogP contribution in [-0.2, 0) is 16.0 Å².